The molecule has 1 saturated heterocycles. The van der Waals surface area contributed by atoms with Gasteiger partial charge in [0.2, 0.25) is 0 Å². The number of aryl methyl sites for hydroxylation is 1. The van der Waals surface area contributed by atoms with Crippen LogP contribution in [0.2, 0.25) is 0 Å². The van der Waals surface area contributed by atoms with Crippen LogP contribution in [0.5, 0.6) is 0 Å². The second kappa shape index (κ2) is 7.18. The normalized spacial score (nSPS) is 20.6. The molecule has 2 heterocycles. The molecule has 2 N–H and O–H groups in total. The summed E-state index contributed by atoms with van der Waals surface area (Å²) in [4.78, 5) is 17.1. The number of carbonyl (C=O) groups excluding carboxylic acids is 1. The van der Waals surface area contributed by atoms with Crippen molar-refractivity contribution in [3.8, 4) is 0 Å². The molecule has 1 aliphatic rings. The first-order chi connectivity index (χ1) is 13.7. The standard InChI is InChI=1S/C21H24N4O3S/c1-21(11-12-29(27,28)14-21)24-20(26)15-7-9-16(10-8-15)22-13-19-23-17-5-3-4-6-18(17)25(19)2/h3-10,22H,11-14H2,1-2H3,(H,24,26)/t21-/m0/s1. The maximum Gasteiger partial charge on any atom is 0.251 e. The zero-order valence-corrected chi connectivity index (χ0v) is 17.3. The second-order valence-corrected chi connectivity index (χ2v) is 10.0. The quantitative estimate of drug-likeness (QED) is 0.672. The minimum Gasteiger partial charge on any atom is -0.378 e. The second-order valence-electron chi connectivity index (χ2n) is 7.86. The lowest BCUT2D eigenvalue weighted by molar-refractivity contribution is 0.0915. The highest BCUT2D eigenvalue weighted by Gasteiger charge is 2.39. The number of para-hydroxylation sites is 2. The van der Waals surface area contributed by atoms with Crippen molar-refractivity contribution in [2.75, 3.05) is 16.8 Å². The molecule has 0 bridgehead atoms. The first-order valence-corrected chi connectivity index (χ1v) is 11.3. The minimum atomic E-state index is -3.07. The fourth-order valence-electron chi connectivity index (χ4n) is 3.73. The van der Waals surface area contributed by atoms with E-state index in [9.17, 15) is 13.2 Å². The number of carbonyl (C=O) groups is 1. The number of sulfone groups is 1. The third kappa shape index (κ3) is 4.12. The number of aromatic nitrogens is 2. The van der Waals surface area contributed by atoms with E-state index in [-0.39, 0.29) is 17.4 Å². The summed E-state index contributed by atoms with van der Waals surface area (Å²) in [6.07, 6.45) is 0.443. The Bertz CT molecular complexity index is 1170. The molecule has 2 aromatic carbocycles. The summed E-state index contributed by atoms with van der Waals surface area (Å²) in [7, 11) is -1.08. The smallest absolute Gasteiger partial charge is 0.251 e. The van der Waals surface area contributed by atoms with E-state index >= 15 is 0 Å². The third-order valence-corrected chi connectivity index (χ3v) is 7.30. The molecule has 8 heteroatoms. The Kier molecular flexibility index (Phi) is 4.82. The van der Waals surface area contributed by atoms with Crippen LogP contribution in [0.4, 0.5) is 5.69 Å². The molecule has 0 radical (unpaired) electrons. The molecule has 1 aliphatic heterocycles. The van der Waals surface area contributed by atoms with Gasteiger partial charge >= 0.3 is 0 Å². The number of hydrogen-bond donors (Lipinski definition) is 2. The third-order valence-electron chi connectivity index (χ3n) is 5.40. The van der Waals surface area contributed by atoms with Gasteiger partial charge in [0.05, 0.1) is 34.6 Å². The van der Waals surface area contributed by atoms with Crippen LogP contribution in [0.1, 0.15) is 29.5 Å². The fraction of sp³-hybridized carbons (Fsp3) is 0.333. The Balaban J connectivity index is 1.40. The van der Waals surface area contributed by atoms with Gasteiger partial charge < -0.3 is 15.2 Å². The molecule has 3 aromatic rings. The lowest BCUT2D eigenvalue weighted by atomic mass is 10.0. The van der Waals surface area contributed by atoms with Crippen LogP contribution < -0.4 is 10.6 Å². The Morgan fingerprint density at radius 1 is 1.17 bits per heavy atom. The van der Waals surface area contributed by atoms with Crippen molar-refractivity contribution in [2.45, 2.75) is 25.4 Å². The number of nitrogens with zero attached hydrogens (tertiary/aromatic N) is 2. The van der Waals surface area contributed by atoms with Gasteiger partial charge in [0.1, 0.15) is 5.82 Å². The number of hydrogen-bond acceptors (Lipinski definition) is 5. The minimum absolute atomic E-state index is 0.0105. The summed E-state index contributed by atoms with van der Waals surface area (Å²) in [5, 5.41) is 6.20. The number of rotatable bonds is 5. The number of imidazole rings is 1. The molecule has 7 nitrogen and oxygen atoms in total. The van der Waals surface area contributed by atoms with E-state index in [1.807, 2.05) is 43.4 Å². The maximum atomic E-state index is 12.5. The summed E-state index contributed by atoms with van der Waals surface area (Å²) in [6.45, 7) is 2.34. The van der Waals surface area contributed by atoms with Crippen molar-refractivity contribution in [1.29, 1.82) is 0 Å². The van der Waals surface area contributed by atoms with E-state index in [1.165, 1.54) is 0 Å². The Morgan fingerprint density at radius 2 is 1.90 bits per heavy atom. The fourth-order valence-corrected chi connectivity index (χ4v) is 5.82. The topological polar surface area (TPSA) is 93.1 Å². The predicted octanol–water partition coefficient (Wildman–Crippen LogP) is 2.49. The average molecular weight is 413 g/mol. The van der Waals surface area contributed by atoms with Crippen LogP contribution >= 0.6 is 0 Å². The van der Waals surface area contributed by atoms with Gasteiger partial charge in [-0.1, -0.05) is 12.1 Å². The maximum absolute atomic E-state index is 12.5. The zero-order chi connectivity index (χ0) is 20.6. The molecule has 0 unspecified atom stereocenters. The molecule has 1 amide bonds. The van der Waals surface area contributed by atoms with E-state index in [4.69, 9.17) is 0 Å². The van der Waals surface area contributed by atoms with Gasteiger partial charge in [-0.3, -0.25) is 4.79 Å². The summed E-state index contributed by atoms with van der Waals surface area (Å²) in [5.74, 6) is 0.771. The molecule has 29 heavy (non-hydrogen) atoms. The highest BCUT2D eigenvalue weighted by atomic mass is 32.2. The van der Waals surface area contributed by atoms with Crippen LogP contribution in [0.15, 0.2) is 48.5 Å². The first-order valence-electron chi connectivity index (χ1n) is 9.52. The van der Waals surface area contributed by atoms with E-state index in [1.54, 1.807) is 19.1 Å². The number of anilines is 1. The van der Waals surface area contributed by atoms with E-state index in [0.29, 0.717) is 18.5 Å². The van der Waals surface area contributed by atoms with Gasteiger partial charge in [-0.05, 0) is 49.7 Å². The first kappa shape index (κ1) is 19.4. The molecule has 0 spiro atoms. The molecule has 152 valence electrons. The van der Waals surface area contributed by atoms with Gasteiger partial charge in [-0.25, -0.2) is 13.4 Å². The van der Waals surface area contributed by atoms with Crippen molar-refractivity contribution >= 4 is 32.5 Å². The van der Waals surface area contributed by atoms with Crippen molar-refractivity contribution < 1.29 is 13.2 Å². The highest BCUT2D eigenvalue weighted by Crippen LogP contribution is 2.23. The van der Waals surface area contributed by atoms with Gasteiger partial charge in [0, 0.05) is 18.3 Å². The predicted molar refractivity (Wildman–Crippen MR) is 114 cm³/mol. The number of nitrogens with one attached hydrogen (secondary N) is 2. The largest absolute Gasteiger partial charge is 0.378 e. The zero-order valence-electron chi connectivity index (χ0n) is 16.5. The lowest BCUT2D eigenvalue weighted by Gasteiger charge is -2.23. The summed E-state index contributed by atoms with van der Waals surface area (Å²) < 4.78 is 25.5. The molecular formula is C21H24N4O3S. The summed E-state index contributed by atoms with van der Waals surface area (Å²) in [5.41, 5.74) is 2.72. The van der Waals surface area contributed by atoms with Crippen molar-refractivity contribution in [3.63, 3.8) is 0 Å². The lowest BCUT2D eigenvalue weighted by Crippen LogP contribution is -2.46. The van der Waals surface area contributed by atoms with Gasteiger partial charge in [-0.15, -0.1) is 0 Å². The number of fused-ring (bicyclic) bond motifs is 1. The Labute approximate surface area is 170 Å². The van der Waals surface area contributed by atoms with Gasteiger partial charge in [0.25, 0.3) is 5.91 Å². The van der Waals surface area contributed by atoms with Crippen LogP contribution in [0.3, 0.4) is 0 Å². The summed E-state index contributed by atoms with van der Waals surface area (Å²) >= 11 is 0. The van der Waals surface area contributed by atoms with Crippen molar-refractivity contribution in [3.05, 3.63) is 59.9 Å². The van der Waals surface area contributed by atoms with E-state index in [0.717, 1.165) is 22.5 Å². The number of amides is 1. The van der Waals surface area contributed by atoms with Crippen LogP contribution in [-0.2, 0) is 23.4 Å². The van der Waals surface area contributed by atoms with Crippen LogP contribution in [0, 0.1) is 0 Å². The summed E-state index contributed by atoms with van der Waals surface area (Å²) in [6, 6.07) is 15.1. The molecule has 0 saturated carbocycles. The average Bonchev–Trinajstić information content (AvgIpc) is 3.16. The van der Waals surface area contributed by atoms with Crippen molar-refractivity contribution in [2.24, 2.45) is 7.05 Å². The van der Waals surface area contributed by atoms with Gasteiger partial charge in [-0.2, -0.15) is 0 Å². The molecule has 1 fully saturated rings. The van der Waals surface area contributed by atoms with Crippen LogP contribution in [0.25, 0.3) is 11.0 Å². The molecule has 1 aromatic heterocycles. The van der Waals surface area contributed by atoms with Gasteiger partial charge in [0.15, 0.2) is 9.84 Å². The van der Waals surface area contributed by atoms with Crippen LogP contribution in [-0.4, -0.2) is 40.9 Å². The molecular weight excluding hydrogens is 388 g/mol. The monoisotopic (exact) mass is 412 g/mol. The van der Waals surface area contributed by atoms with E-state index < -0.39 is 15.4 Å². The molecule has 1 atom stereocenters. The Morgan fingerprint density at radius 3 is 2.55 bits per heavy atom. The Hall–Kier alpha value is -2.87. The van der Waals surface area contributed by atoms with Crippen molar-refractivity contribution in [1.82, 2.24) is 14.9 Å². The SMILES string of the molecule is Cn1c(CNc2ccc(C(=O)N[C@@]3(C)CCS(=O)(=O)C3)cc2)nc2ccccc21. The highest BCUT2D eigenvalue weighted by molar-refractivity contribution is 7.91. The molecule has 0 aliphatic carbocycles. The molecule has 4 rings (SSSR count). The van der Waals surface area contributed by atoms with E-state index in [2.05, 4.69) is 20.2 Å². The number of benzene rings is 2.